The van der Waals surface area contributed by atoms with Crippen molar-refractivity contribution in [3.63, 3.8) is 0 Å². The highest BCUT2D eigenvalue weighted by molar-refractivity contribution is 5.58. The first-order valence-electron chi connectivity index (χ1n) is 7.39. The van der Waals surface area contributed by atoms with Gasteiger partial charge in [-0.25, -0.2) is 0 Å². The summed E-state index contributed by atoms with van der Waals surface area (Å²) in [5.41, 5.74) is 7.27. The van der Waals surface area contributed by atoms with Gasteiger partial charge >= 0.3 is 0 Å². The highest BCUT2D eigenvalue weighted by atomic mass is 16.5. The Kier molecular flexibility index (Phi) is 5.08. The zero-order valence-corrected chi connectivity index (χ0v) is 12.1. The summed E-state index contributed by atoms with van der Waals surface area (Å²) in [7, 11) is 0. The summed E-state index contributed by atoms with van der Waals surface area (Å²) in [6.45, 7) is 7.25. The van der Waals surface area contributed by atoms with E-state index in [4.69, 9.17) is 10.5 Å². The van der Waals surface area contributed by atoms with Gasteiger partial charge in [-0.05, 0) is 37.3 Å². The number of rotatable bonds is 5. The molecule has 0 bridgehead atoms. The molecule has 1 saturated heterocycles. The van der Waals surface area contributed by atoms with Crippen molar-refractivity contribution in [2.45, 2.75) is 39.2 Å². The van der Waals surface area contributed by atoms with Crippen LogP contribution in [0.15, 0.2) is 24.3 Å². The monoisotopic (exact) mass is 262 g/mol. The summed E-state index contributed by atoms with van der Waals surface area (Å²) in [6.07, 6.45) is 3.39. The summed E-state index contributed by atoms with van der Waals surface area (Å²) in [4.78, 5) is 2.36. The molecular weight excluding hydrogens is 236 g/mol. The van der Waals surface area contributed by atoms with Crippen LogP contribution in [0.4, 0.5) is 5.69 Å². The van der Waals surface area contributed by atoms with Crippen molar-refractivity contribution in [2.24, 2.45) is 11.7 Å². The molecule has 0 amide bonds. The lowest BCUT2D eigenvalue weighted by Crippen LogP contribution is -2.43. The first-order valence-corrected chi connectivity index (χ1v) is 7.39. The third-order valence-corrected chi connectivity index (χ3v) is 3.62. The summed E-state index contributed by atoms with van der Waals surface area (Å²) in [6, 6.07) is 8.61. The standard InChI is InChI=1S/C16H26N2O/c1-13(2)9-11-19-16-8-4-3-7-15(16)18-10-5-6-14(17)12-18/h3-4,7-8,13-14H,5-6,9-12,17H2,1-2H3. The minimum absolute atomic E-state index is 0.289. The number of hydrogen-bond donors (Lipinski definition) is 1. The number of para-hydroxylation sites is 2. The van der Waals surface area contributed by atoms with E-state index in [9.17, 15) is 0 Å². The average molecular weight is 262 g/mol. The molecule has 0 aliphatic carbocycles. The fourth-order valence-corrected chi connectivity index (χ4v) is 2.47. The van der Waals surface area contributed by atoms with Crippen LogP contribution in [0.1, 0.15) is 33.1 Å². The van der Waals surface area contributed by atoms with E-state index in [2.05, 4.69) is 36.9 Å². The van der Waals surface area contributed by atoms with Gasteiger partial charge in [-0.1, -0.05) is 26.0 Å². The molecule has 1 aliphatic heterocycles. The highest BCUT2D eigenvalue weighted by Crippen LogP contribution is 2.30. The lowest BCUT2D eigenvalue weighted by atomic mass is 10.1. The Morgan fingerprint density at radius 1 is 1.37 bits per heavy atom. The largest absolute Gasteiger partial charge is 0.491 e. The van der Waals surface area contributed by atoms with Crippen LogP contribution in [0.3, 0.4) is 0 Å². The predicted octanol–water partition coefficient (Wildman–Crippen LogP) is 3.04. The maximum Gasteiger partial charge on any atom is 0.142 e. The number of hydrogen-bond acceptors (Lipinski definition) is 3. The van der Waals surface area contributed by atoms with Gasteiger partial charge in [-0.3, -0.25) is 0 Å². The molecule has 2 rings (SSSR count). The summed E-state index contributed by atoms with van der Waals surface area (Å²) >= 11 is 0. The third kappa shape index (κ3) is 4.13. The fourth-order valence-electron chi connectivity index (χ4n) is 2.47. The van der Waals surface area contributed by atoms with Gasteiger partial charge in [0.1, 0.15) is 5.75 Å². The van der Waals surface area contributed by atoms with E-state index in [1.165, 1.54) is 12.1 Å². The van der Waals surface area contributed by atoms with Crippen molar-refractivity contribution in [2.75, 3.05) is 24.6 Å². The number of piperidine rings is 1. The van der Waals surface area contributed by atoms with Gasteiger partial charge in [-0.15, -0.1) is 0 Å². The van der Waals surface area contributed by atoms with Gasteiger partial charge in [0.25, 0.3) is 0 Å². The van der Waals surface area contributed by atoms with E-state index in [-0.39, 0.29) is 6.04 Å². The van der Waals surface area contributed by atoms with Gasteiger partial charge in [0.15, 0.2) is 0 Å². The maximum atomic E-state index is 6.07. The molecule has 0 spiro atoms. The molecule has 0 radical (unpaired) electrons. The minimum Gasteiger partial charge on any atom is -0.491 e. The Bertz CT molecular complexity index is 392. The first kappa shape index (κ1) is 14.2. The Hall–Kier alpha value is -1.22. The Morgan fingerprint density at radius 3 is 2.89 bits per heavy atom. The molecule has 19 heavy (non-hydrogen) atoms. The first-order chi connectivity index (χ1) is 9.16. The van der Waals surface area contributed by atoms with Crippen molar-refractivity contribution in [1.29, 1.82) is 0 Å². The Labute approximate surface area is 116 Å². The second kappa shape index (κ2) is 6.80. The van der Waals surface area contributed by atoms with E-state index in [1.807, 2.05) is 6.07 Å². The van der Waals surface area contributed by atoms with Crippen LogP contribution < -0.4 is 15.4 Å². The van der Waals surface area contributed by atoms with Crippen LogP contribution >= 0.6 is 0 Å². The fraction of sp³-hybridized carbons (Fsp3) is 0.625. The highest BCUT2D eigenvalue weighted by Gasteiger charge is 2.19. The molecule has 1 fully saturated rings. The minimum atomic E-state index is 0.289. The van der Waals surface area contributed by atoms with E-state index in [0.717, 1.165) is 38.3 Å². The van der Waals surface area contributed by atoms with Crippen LogP contribution in [-0.2, 0) is 0 Å². The SMILES string of the molecule is CC(C)CCOc1ccccc1N1CCCC(N)C1. The molecule has 106 valence electrons. The summed E-state index contributed by atoms with van der Waals surface area (Å²) < 4.78 is 5.95. The molecule has 2 N–H and O–H groups in total. The molecule has 1 aromatic rings. The van der Waals surface area contributed by atoms with Gasteiger partial charge in [0.05, 0.1) is 12.3 Å². The van der Waals surface area contributed by atoms with Crippen LogP contribution in [0.2, 0.25) is 0 Å². The van der Waals surface area contributed by atoms with Crippen molar-refractivity contribution in [3.8, 4) is 5.75 Å². The number of nitrogens with two attached hydrogens (primary N) is 1. The van der Waals surface area contributed by atoms with Crippen molar-refractivity contribution >= 4 is 5.69 Å². The predicted molar refractivity (Wildman–Crippen MR) is 80.8 cm³/mol. The van der Waals surface area contributed by atoms with Gasteiger partial charge < -0.3 is 15.4 Å². The molecule has 1 aliphatic rings. The molecule has 3 nitrogen and oxygen atoms in total. The normalized spacial score (nSPS) is 19.8. The second-order valence-electron chi connectivity index (χ2n) is 5.85. The van der Waals surface area contributed by atoms with Crippen molar-refractivity contribution in [3.05, 3.63) is 24.3 Å². The molecule has 1 atom stereocenters. The van der Waals surface area contributed by atoms with Crippen LogP contribution in [-0.4, -0.2) is 25.7 Å². The summed E-state index contributed by atoms with van der Waals surface area (Å²) in [5.74, 6) is 1.67. The molecular formula is C16H26N2O. The van der Waals surface area contributed by atoms with Gasteiger partial charge in [0.2, 0.25) is 0 Å². The Morgan fingerprint density at radius 2 is 2.16 bits per heavy atom. The third-order valence-electron chi connectivity index (χ3n) is 3.62. The molecule has 0 saturated carbocycles. The zero-order chi connectivity index (χ0) is 13.7. The quantitative estimate of drug-likeness (QED) is 0.886. The van der Waals surface area contributed by atoms with E-state index < -0.39 is 0 Å². The van der Waals surface area contributed by atoms with E-state index >= 15 is 0 Å². The van der Waals surface area contributed by atoms with Crippen LogP contribution in [0, 0.1) is 5.92 Å². The van der Waals surface area contributed by atoms with Gasteiger partial charge in [0, 0.05) is 19.1 Å². The molecule has 3 heteroatoms. The lowest BCUT2D eigenvalue weighted by molar-refractivity contribution is 0.289. The Balaban J connectivity index is 2.02. The van der Waals surface area contributed by atoms with Gasteiger partial charge in [-0.2, -0.15) is 0 Å². The number of nitrogens with zero attached hydrogens (tertiary/aromatic N) is 1. The van der Waals surface area contributed by atoms with Crippen molar-refractivity contribution < 1.29 is 4.74 Å². The molecule has 1 unspecified atom stereocenters. The van der Waals surface area contributed by atoms with E-state index in [0.29, 0.717) is 5.92 Å². The topological polar surface area (TPSA) is 38.5 Å². The smallest absolute Gasteiger partial charge is 0.142 e. The maximum absolute atomic E-state index is 6.07. The van der Waals surface area contributed by atoms with Crippen LogP contribution in [0.5, 0.6) is 5.75 Å². The number of benzene rings is 1. The second-order valence-corrected chi connectivity index (χ2v) is 5.85. The van der Waals surface area contributed by atoms with Crippen LogP contribution in [0.25, 0.3) is 0 Å². The number of anilines is 1. The number of ether oxygens (including phenoxy) is 1. The molecule has 1 heterocycles. The molecule has 0 aromatic heterocycles. The van der Waals surface area contributed by atoms with E-state index in [1.54, 1.807) is 0 Å². The van der Waals surface area contributed by atoms with Crippen molar-refractivity contribution in [1.82, 2.24) is 0 Å². The lowest BCUT2D eigenvalue weighted by Gasteiger charge is -2.33. The average Bonchev–Trinajstić information content (AvgIpc) is 2.39. The zero-order valence-electron chi connectivity index (χ0n) is 12.1. The summed E-state index contributed by atoms with van der Waals surface area (Å²) in [5, 5.41) is 0. The molecule has 1 aromatic carbocycles.